The largest absolute Gasteiger partial charge is 0.508 e. The number of benzene rings is 1. The second-order valence-electron chi connectivity index (χ2n) is 9.00. The molecule has 10 N–H and O–H groups in total. The first-order chi connectivity index (χ1) is 18.5. The summed E-state index contributed by atoms with van der Waals surface area (Å²) in [6, 6.07) is 1.41. The molecule has 13 nitrogen and oxygen atoms in total. The van der Waals surface area contributed by atoms with Crippen LogP contribution >= 0.6 is 11.8 Å². The molecule has 39 heavy (non-hydrogen) atoms. The van der Waals surface area contributed by atoms with Crippen LogP contribution < -0.4 is 27.4 Å². The average Bonchev–Trinajstić information content (AvgIpc) is 2.89. The fourth-order valence-electron chi connectivity index (χ4n) is 3.56. The summed E-state index contributed by atoms with van der Waals surface area (Å²) in [7, 11) is 0. The van der Waals surface area contributed by atoms with Gasteiger partial charge in [-0.3, -0.25) is 19.2 Å². The van der Waals surface area contributed by atoms with Gasteiger partial charge in [0.2, 0.25) is 17.7 Å². The summed E-state index contributed by atoms with van der Waals surface area (Å²) >= 11 is 1.52. The van der Waals surface area contributed by atoms with E-state index >= 15 is 0 Å². The average molecular weight is 570 g/mol. The fourth-order valence-corrected chi connectivity index (χ4v) is 4.05. The number of unbranched alkanes of at least 4 members (excludes halogenated alkanes) is 1. The van der Waals surface area contributed by atoms with Gasteiger partial charge in [0.15, 0.2) is 0 Å². The normalized spacial score (nSPS) is 13.9. The molecule has 0 aliphatic carbocycles. The first kappa shape index (κ1) is 33.7. The third-order valence-corrected chi connectivity index (χ3v) is 6.46. The molecule has 1 aromatic carbocycles. The number of carboxylic acid groups (broad SMARTS) is 2. The first-order valence-electron chi connectivity index (χ1n) is 12.6. The van der Waals surface area contributed by atoms with E-state index in [-0.39, 0.29) is 25.0 Å². The van der Waals surface area contributed by atoms with Crippen LogP contribution in [0.2, 0.25) is 0 Å². The predicted molar refractivity (Wildman–Crippen MR) is 146 cm³/mol. The van der Waals surface area contributed by atoms with Gasteiger partial charge in [-0.05, 0) is 68.4 Å². The van der Waals surface area contributed by atoms with Gasteiger partial charge in [-0.2, -0.15) is 11.8 Å². The molecule has 218 valence electrons. The summed E-state index contributed by atoms with van der Waals surface area (Å²) in [5.74, 6) is -4.01. The summed E-state index contributed by atoms with van der Waals surface area (Å²) < 4.78 is 0. The van der Waals surface area contributed by atoms with Crippen LogP contribution in [-0.4, -0.2) is 87.7 Å². The fraction of sp³-hybridized carbons (Fsp3) is 0.560. The highest BCUT2D eigenvalue weighted by atomic mass is 32.2. The summed E-state index contributed by atoms with van der Waals surface area (Å²) in [5, 5.41) is 35.4. The van der Waals surface area contributed by atoms with Gasteiger partial charge in [0.1, 0.15) is 23.9 Å². The van der Waals surface area contributed by atoms with E-state index in [0.717, 1.165) is 0 Å². The molecule has 0 saturated heterocycles. The zero-order valence-corrected chi connectivity index (χ0v) is 22.7. The van der Waals surface area contributed by atoms with Gasteiger partial charge in [-0.25, -0.2) is 4.79 Å². The van der Waals surface area contributed by atoms with E-state index in [4.69, 9.17) is 16.6 Å². The maximum absolute atomic E-state index is 13.4. The molecule has 0 aliphatic rings. The molecular weight excluding hydrogens is 530 g/mol. The predicted octanol–water partition coefficient (Wildman–Crippen LogP) is -0.452. The Kier molecular flexibility index (Phi) is 15.6. The number of aromatic hydroxyl groups is 1. The second-order valence-corrected chi connectivity index (χ2v) is 9.98. The number of amides is 3. The lowest BCUT2D eigenvalue weighted by atomic mass is 10.0. The molecule has 4 atom stereocenters. The van der Waals surface area contributed by atoms with E-state index in [0.29, 0.717) is 37.1 Å². The Morgan fingerprint density at radius 2 is 1.44 bits per heavy atom. The first-order valence-corrected chi connectivity index (χ1v) is 14.0. The lowest BCUT2D eigenvalue weighted by Gasteiger charge is -2.25. The van der Waals surface area contributed by atoms with Crippen molar-refractivity contribution in [3.8, 4) is 5.75 Å². The van der Waals surface area contributed by atoms with Crippen molar-refractivity contribution < 1.29 is 39.3 Å². The molecule has 0 bridgehead atoms. The van der Waals surface area contributed by atoms with Crippen LogP contribution in [0.15, 0.2) is 24.3 Å². The van der Waals surface area contributed by atoms with E-state index in [9.17, 15) is 34.2 Å². The number of aliphatic carboxylic acids is 2. The van der Waals surface area contributed by atoms with Gasteiger partial charge in [-0.15, -0.1) is 0 Å². The van der Waals surface area contributed by atoms with Crippen molar-refractivity contribution in [1.29, 1.82) is 0 Å². The zero-order valence-electron chi connectivity index (χ0n) is 21.9. The number of phenolic OH excluding ortho intramolecular Hbond substituents is 1. The van der Waals surface area contributed by atoms with E-state index < -0.39 is 60.2 Å². The lowest BCUT2D eigenvalue weighted by Crippen LogP contribution is -2.57. The lowest BCUT2D eigenvalue weighted by molar-refractivity contribution is -0.143. The maximum atomic E-state index is 13.4. The van der Waals surface area contributed by atoms with Crippen LogP contribution in [0.4, 0.5) is 0 Å². The summed E-state index contributed by atoms with van der Waals surface area (Å²) in [6.07, 6.45) is 2.59. The third kappa shape index (κ3) is 13.3. The highest BCUT2D eigenvalue weighted by molar-refractivity contribution is 7.98. The quantitative estimate of drug-likeness (QED) is 0.0993. The van der Waals surface area contributed by atoms with E-state index in [1.807, 2.05) is 6.26 Å². The Balaban J connectivity index is 3.11. The Morgan fingerprint density at radius 3 is 2.00 bits per heavy atom. The molecule has 14 heteroatoms. The number of carboxylic acids is 2. The number of nitrogens with one attached hydrogen (secondary N) is 3. The molecular formula is C25H39N5O8S. The van der Waals surface area contributed by atoms with Crippen LogP contribution in [-0.2, 0) is 30.4 Å². The maximum Gasteiger partial charge on any atom is 0.326 e. The van der Waals surface area contributed by atoms with Crippen molar-refractivity contribution in [1.82, 2.24) is 16.0 Å². The zero-order chi connectivity index (χ0) is 29.4. The molecule has 0 radical (unpaired) electrons. The van der Waals surface area contributed by atoms with Crippen LogP contribution in [0, 0.1) is 0 Å². The highest BCUT2D eigenvalue weighted by Crippen LogP contribution is 2.13. The minimum absolute atomic E-state index is 0.0235. The monoisotopic (exact) mass is 569 g/mol. The molecule has 0 fully saturated rings. The van der Waals surface area contributed by atoms with Crippen molar-refractivity contribution in [2.45, 2.75) is 69.1 Å². The van der Waals surface area contributed by atoms with Gasteiger partial charge >= 0.3 is 11.9 Å². The van der Waals surface area contributed by atoms with Gasteiger partial charge < -0.3 is 42.7 Å². The van der Waals surface area contributed by atoms with Crippen LogP contribution in [0.25, 0.3) is 0 Å². The summed E-state index contributed by atoms with van der Waals surface area (Å²) in [4.78, 5) is 61.5. The molecule has 0 heterocycles. The number of nitrogens with two attached hydrogens (primary N) is 2. The Bertz CT molecular complexity index is 962. The van der Waals surface area contributed by atoms with Gasteiger partial charge in [0.05, 0.1) is 6.04 Å². The minimum atomic E-state index is -1.47. The van der Waals surface area contributed by atoms with Crippen molar-refractivity contribution >= 4 is 41.4 Å². The molecule has 0 aliphatic heterocycles. The van der Waals surface area contributed by atoms with E-state index in [1.165, 1.54) is 23.9 Å². The molecule has 1 aromatic rings. The van der Waals surface area contributed by atoms with Crippen molar-refractivity contribution in [3.05, 3.63) is 29.8 Å². The van der Waals surface area contributed by atoms with Gasteiger partial charge in [-0.1, -0.05) is 12.1 Å². The summed E-state index contributed by atoms with van der Waals surface area (Å²) in [6.45, 7) is 0.339. The van der Waals surface area contributed by atoms with Gasteiger partial charge in [0, 0.05) is 12.8 Å². The number of carbonyl (C=O) groups is 5. The van der Waals surface area contributed by atoms with Crippen molar-refractivity contribution in [2.24, 2.45) is 11.5 Å². The van der Waals surface area contributed by atoms with E-state index in [2.05, 4.69) is 16.0 Å². The van der Waals surface area contributed by atoms with Gasteiger partial charge in [0.25, 0.3) is 0 Å². The highest BCUT2D eigenvalue weighted by Gasteiger charge is 2.30. The number of hydrogen-bond donors (Lipinski definition) is 8. The standard InChI is InChI=1S/C25H39N5O8S/c1-39-13-11-17(27)22(34)30-20(14-15-5-7-16(31)8-6-15)24(36)28-18(4-2-3-12-26)23(35)29-19(25(37)38)9-10-21(32)33/h5-8,17-20,31H,2-4,9-14,26-27H2,1H3,(H,28,36)(H,29,35)(H,30,34)(H,32,33)(H,37,38). The van der Waals surface area contributed by atoms with Crippen LogP contribution in [0.5, 0.6) is 5.75 Å². The molecule has 3 amide bonds. The Hall–Kier alpha value is -3.36. The minimum Gasteiger partial charge on any atom is -0.508 e. The van der Waals surface area contributed by atoms with Crippen molar-refractivity contribution in [2.75, 3.05) is 18.6 Å². The van der Waals surface area contributed by atoms with Crippen LogP contribution in [0.1, 0.15) is 44.1 Å². The molecule has 4 unspecified atom stereocenters. The second kappa shape index (κ2) is 18.0. The third-order valence-electron chi connectivity index (χ3n) is 5.82. The van der Waals surface area contributed by atoms with E-state index in [1.54, 1.807) is 12.1 Å². The summed E-state index contributed by atoms with van der Waals surface area (Å²) in [5.41, 5.74) is 12.1. The van der Waals surface area contributed by atoms with Crippen molar-refractivity contribution in [3.63, 3.8) is 0 Å². The number of rotatable bonds is 19. The Morgan fingerprint density at radius 1 is 0.846 bits per heavy atom. The number of phenols is 1. The van der Waals surface area contributed by atoms with Crippen LogP contribution in [0.3, 0.4) is 0 Å². The number of hydrogen-bond acceptors (Lipinski definition) is 9. The number of thioether (sulfide) groups is 1. The smallest absolute Gasteiger partial charge is 0.326 e. The topological polar surface area (TPSA) is 234 Å². The molecule has 0 saturated carbocycles. The molecule has 1 rings (SSSR count). The SMILES string of the molecule is CSCCC(N)C(=O)NC(Cc1ccc(O)cc1)C(=O)NC(CCCCN)C(=O)NC(CCC(=O)O)C(=O)O. The number of carbonyl (C=O) groups excluding carboxylic acids is 3. The molecule has 0 spiro atoms. The molecule has 0 aromatic heterocycles. The Labute approximate surface area is 231 Å².